The number of hydrogen-bond acceptors (Lipinski definition) is 11. The lowest BCUT2D eigenvalue weighted by Crippen LogP contribution is -2.66. The van der Waals surface area contributed by atoms with Crippen molar-refractivity contribution in [3.05, 3.63) is 68.3 Å². The zero-order valence-corrected chi connectivity index (χ0v) is 24.4. The van der Waals surface area contributed by atoms with Gasteiger partial charge in [-0.25, -0.2) is 0 Å². The average molecular weight is 665 g/mol. The van der Waals surface area contributed by atoms with Crippen LogP contribution in [0.1, 0.15) is 49.9 Å². The molecular formula is C28H28INO10. The van der Waals surface area contributed by atoms with Gasteiger partial charge >= 0.3 is 23.9 Å². The molecule has 212 valence electrons. The molecule has 1 aliphatic rings. The van der Waals surface area contributed by atoms with Crippen LogP contribution < -0.4 is 0 Å². The van der Waals surface area contributed by atoms with E-state index in [0.29, 0.717) is 17.5 Å². The molecule has 0 spiro atoms. The highest BCUT2D eigenvalue weighted by Crippen LogP contribution is 2.41. The van der Waals surface area contributed by atoms with Gasteiger partial charge in [0.25, 0.3) is 0 Å². The summed E-state index contributed by atoms with van der Waals surface area (Å²) in [4.78, 5) is 47.8. The fourth-order valence-corrected chi connectivity index (χ4v) is 4.77. The number of hydrogen-bond donors (Lipinski definition) is 1. The normalized spacial score (nSPS) is 23.8. The number of ether oxygens (including phenoxy) is 5. The Morgan fingerprint density at radius 3 is 2.08 bits per heavy atom. The predicted octanol–water partition coefficient (Wildman–Crippen LogP) is 2.66. The van der Waals surface area contributed by atoms with Crippen molar-refractivity contribution in [3.63, 3.8) is 0 Å². The largest absolute Gasteiger partial charge is 0.463 e. The summed E-state index contributed by atoms with van der Waals surface area (Å²) in [5.41, 5.74) is 1.81. The van der Waals surface area contributed by atoms with E-state index in [9.17, 15) is 29.5 Å². The van der Waals surface area contributed by atoms with Crippen LogP contribution in [0.5, 0.6) is 0 Å². The molecule has 3 rings (SSSR count). The van der Waals surface area contributed by atoms with Crippen molar-refractivity contribution in [1.29, 1.82) is 5.26 Å². The van der Waals surface area contributed by atoms with E-state index in [0.717, 1.165) is 36.8 Å². The number of nitriles is 1. The maximum atomic E-state index is 12.2. The maximum Gasteiger partial charge on any atom is 0.303 e. The third kappa shape index (κ3) is 7.56. The van der Waals surface area contributed by atoms with E-state index in [4.69, 9.17) is 23.7 Å². The molecule has 0 saturated carbocycles. The summed E-state index contributed by atoms with van der Waals surface area (Å²) in [6.07, 6.45) is -5.72. The fourth-order valence-electron chi connectivity index (χ4n) is 4.41. The summed E-state index contributed by atoms with van der Waals surface area (Å²) in [5.74, 6) is -5.63. The minimum absolute atomic E-state index is 0.0597. The molecule has 2 aromatic carbocycles. The number of rotatable bonds is 8. The van der Waals surface area contributed by atoms with E-state index in [1.54, 1.807) is 0 Å². The van der Waals surface area contributed by atoms with Crippen LogP contribution in [0.3, 0.4) is 0 Å². The lowest BCUT2D eigenvalue weighted by atomic mass is 9.85. The minimum atomic E-state index is -2.48. The summed E-state index contributed by atoms with van der Waals surface area (Å²) in [6.45, 7) is 3.93. The van der Waals surface area contributed by atoms with E-state index in [1.165, 1.54) is 18.2 Å². The molecule has 1 heterocycles. The molecule has 0 radical (unpaired) electrons. The Kier molecular flexibility index (Phi) is 10.2. The monoisotopic (exact) mass is 665 g/mol. The molecular weight excluding hydrogens is 637 g/mol. The van der Waals surface area contributed by atoms with Crippen LogP contribution in [-0.2, 0) is 55.1 Å². The van der Waals surface area contributed by atoms with Crippen molar-refractivity contribution in [3.8, 4) is 6.07 Å². The zero-order valence-electron chi connectivity index (χ0n) is 22.2. The number of benzene rings is 2. The van der Waals surface area contributed by atoms with Crippen LogP contribution in [0.25, 0.3) is 0 Å². The van der Waals surface area contributed by atoms with Gasteiger partial charge in [0, 0.05) is 36.8 Å². The molecule has 1 aliphatic heterocycles. The lowest BCUT2D eigenvalue weighted by molar-refractivity contribution is -0.360. The van der Waals surface area contributed by atoms with E-state index in [-0.39, 0.29) is 5.56 Å². The summed E-state index contributed by atoms with van der Waals surface area (Å²) >= 11 is 2.18. The van der Waals surface area contributed by atoms with Gasteiger partial charge in [0.1, 0.15) is 12.7 Å². The number of nitrogens with zero attached hydrogens (tertiary/aromatic N) is 1. The van der Waals surface area contributed by atoms with E-state index < -0.39 is 60.7 Å². The first-order valence-corrected chi connectivity index (χ1v) is 13.2. The lowest BCUT2D eigenvalue weighted by Gasteiger charge is -2.48. The fraction of sp³-hybridized carbons (Fsp3) is 0.393. The molecule has 2 aromatic rings. The van der Waals surface area contributed by atoms with E-state index in [1.807, 2.05) is 24.3 Å². The molecule has 5 atom stereocenters. The van der Waals surface area contributed by atoms with Crippen molar-refractivity contribution in [1.82, 2.24) is 0 Å². The second-order valence-electron chi connectivity index (χ2n) is 9.12. The number of esters is 4. The first-order chi connectivity index (χ1) is 18.8. The number of carbonyl (C=O) groups excluding carboxylic acids is 4. The van der Waals surface area contributed by atoms with Gasteiger partial charge in [0.15, 0.2) is 12.2 Å². The summed E-state index contributed by atoms with van der Waals surface area (Å²) in [7, 11) is 0. The molecule has 1 saturated heterocycles. The average Bonchev–Trinajstić information content (AvgIpc) is 2.87. The molecule has 0 aromatic heterocycles. The Morgan fingerprint density at radius 1 is 0.925 bits per heavy atom. The van der Waals surface area contributed by atoms with Crippen LogP contribution in [0, 0.1) is 14.9 Å². The Bertz CT molecular complexity index is 1320. The number of halogens is 1. The molecule has 40 heavy (non-hydrogen) atoms. The molecule has 1 fully saturated rings. The molecule has 0 aliphatic carbocycles. The van der Waals surface area contributed by atoms with Gasteiger partial charge in [-0.1, -0.05) is 18.2 Å². The van der Waals surface area contributed by atoms with Crippen molar-refractivity contribution in [2.75, 3.05) is 6.61 Å². The Labute approximate surface area is 244 Å². The van der Waals surface area contributed by atoms with Crippen LogP contribution in [0.15, 0.2) is 42.5 Å². The van der Waals surface area contributed by atoms with Crippen LogP contribution in [0.4, 0.5) is 0 Å². The Morgan fingerprint density at radius 2 is 1.52 bits per heavy atom. The molecule has 0 amide bonds. The first kappa shape index (κ1) is 31.0. The van der Waals surface area contributed by atoms with Crippen LogP contribution in [0.2, 0.25) is 0 Å². The molecule has 0 unspecified atom stereocenters. The zero-order chi connectivity index (χ0) is 29.6. The van der Waals surface area contributed by atoms with Gasteiger partial charge in [-0.05, 0) is 64.4 Å². The highest BCUT2D eigenvalue weighted by atomic mass is 127. The van der Waals surface area contributed by atoms with E-state index >= 15 is 0 Å². The van der Waals surface area contributed by atoms with Crippen molar-refractivity contribution in [2.45, 2.75) is 64.3 Å². The summed E-state index contributed by atoms with van der Waals surface area (Å²) < 4.78 is 28.3. The van der Waals surface area contributed by atoms with Crippen LogP contribution >= 0.6 is 22.6 Å². The standard InChI is InChI=1S/C28H28INO10/c1-15(31)36-14-24-25(37-16(2)32)26(38-17(3)33)27(39-18(4)34)28(35,40-24)22-8-7-20(13-30)21(12-22)11-19-5-9-23(29)10-6-19/h5-10,12,24-27,35H,11,14H2,1-4H3/t24-,25-,26+,27-,28-/m1/s1. The second kappa shape index (κ2) is 13.2. The Balaban J connectivity index is 2.17. The predicted molar refractivity (Wildman–Crippen MR) is 145 cm³/mol. The molecule has 1 N–H and O–H groups in total. The van der Waals surface area contributed by atoms with Crippen molar-refractivity contribution in [2.24, 2.45) is 0 Å². The second-order valence-corrected chi connectivity index (χ2v) is 10.4. The number of carbonyl (C=O) groups is 4. The van der Waals surface area contributed by atoms with E-state index in [2.05, 4.69) is 28.7 Å². The third-order valence-corrected chi connectivity index (χ3v) is 6.72. The van der Waals surface area contributed by atoms with Gasteiger partial charge in [-0.15, -0.1) is 0 Å². The van der Waals surface area contributed by atoms with Crippen molar-refractivity contribution >= 4 is 46.5 Å². The quantitative estimate of drug-likeness (QED) is 0.251. The maximum absolute atomic E-state index is 12.2. The first-order valence-electron chi connectivity index (χ1n) is 12.2. The van der Waals surface area contributed by atoms with Crippen molar-refractivity contribution < 1.29 is 48.0 Å². The third-order valence-electron chi connectivity index (χ3n) is 6.00. The SMILES string of the molecule is CC(=O)OC[C@H]1O[C@](O)(c2ccc(C#N)c(Cc3ccc(I)cc3)c2)[C@H](OC(C)=O)[C@@H](OC(C)=O)[C@@H]1OC(C)=O. The molecule has 12 heteroatoms. The van der Waals surface area contributed by atoms with Crippen LogP contribution in [-0.4, -0.2) is 60.0 Å². The smallest absolute Gasteiger partial charge is 0.303 e. The highest BCUT2D eigenvalue weighted by Gasteiger charge is 2.60. The van der Waals surface area contributed by atoms with Gasteiger partial charge in [0.2, 0.25) is 11.9 Å². The topological polar surface area (TPSA) is 158 Å². The minimum Gasteiger partial charge on any atom is -0.463 e. The van der Waals surface area contributed by atoms with Gasteiger partial charge < -0.3 is 28.8 Å². The van der Waals surface area contributed by atoms with Gasteiger partial charge in [-0.2, -0.15) is 5.26 Å². The summed E-state index contributed by atoms with van der Waals surface area (Å²) in [5, 5.41) is 21.8. The highest BCUT2D eigenvalue weighted by molar-refractivity contribution is 14.1. The number of aliphatic hydroxyl groups is 1. The van der Waals surface area contributed by atoms with Gasteiger partial charge in [-0.3, -0.25) is 19.2 Å². The van der Waals surface area contributed by atoms with Gasteiger partial charge in [0.05, 0.1) is 11.6 Å². The molecule has 11 nitrogen and oxygen atoms in total. The summed E-state index contributed by atoms with van der Waals surface area (Å²) in [6, 6.07) is 14.2. The molecule has 0 bridgehead atoms. The Hall–Kier alpha value is -3.54.